The summed E-state index contributed by atoms with van der Waals surface area (Å²) in [5, 5.41) is 0. The van der Waals surface area contributed by atoms with Crippen LogP contribution in [-0.4, -0.2) is 17.7 Å². The fourth-order valence-corrected chi connectivity index (χ4v) is 1.80. The van der Waals surface area contributed by atoms with Gasteiger partial charge in [0.25, 0.3) is 0 Å². The third-order valence-electron chi connectivity index (χ3n) is 2.73. The van der Waals surface area contributed by atoms with Crippen LogP contribution in [0.25, 0.3) is 0 Å². The van der Waals surface area contributed by atoms with E-state index in [1.54, 1.807) is 19.1 Å². The Labute approximate surface area is 115 Å². The number of benzene rings is 1. The second kappa shape index (κ2) is 7.72. The van der Waals surface area contributed by atoms with Gasteiger partial charge in [0.1, 0.15) is 11.5 Å². The van der Waals surface area contributed by atoms with Crippen LogP contribution in [0.5, 0.6) is 5.75 Å². The average Bonchev–Trinajstić information content (AvgIpc) is 2.34. The minimum absolute atomic E-state index is 0.125. The minimum Gasteiger partial charge on any atom is -0.491 e. The molecule has 0 N–H and O–H groups in total. The molecule has 0 aromatic heterocycles. The first-order chi connectivity index (χ1) is 8.99. The summed E-state index contributed by atoms with van der Waals surface area (Å²) >= 11 is 0. The van der Waals surface area contributed by atoms with Crippen molar-refractivity contribution < 1.29 is 14.3 Å². The molecule has 1 aromatic carbocycles. The van der Waals surface area contributed by atoms with E-state index in [1.165, 1.54) is 0 Å². The maximum Gasteiger partial charge on any atom is 0.162 e. The van der Waals surface area contributed by atoms with E-state index in [9.17, 15) is 9.59 Å². The fraction of sp³-hybridized carbons (Fsp3) is 0.500. The van der Waals surface area contributed by atoms with Crippen molar-refractivity contribution in [2.24, 2.45) is 0 Å². The van der Waals surface area contributed by atoms with E-state index in [0.29, 0.717) is 18.4 Å². The first kappa shape index (κ1) is 15.4. The van der Waals surface area contributed by atoms with Crippen LogP contribution in [0, 0.1) is 0 Å². The summed E-state index contributed by atoms with van der Waals surface area (Å²) in [6, 6.07) is 7.24. The summed E-state index contributed by atoms with van der Waals surface area (Å²) in [4.78, 5) is 22.7. The maximum absolute atomic E-state index is 11.9. The van der Waals surface area contributed by atoms with Crippen LogP contribution in [0.4, 0.5) is 0 Å². The molecule has 1 aromatic rings. The SMILES string of the molecule is CC(=O)CCCCC(=O)c1ccc(OC(C)C)cc1. The molecular weight excluding hydrogens is 240 g/mol. The molecule has 0 heterocycles. The van der Waals surface area contributed by atoms with Crippen molar-refractivity contribution in [2.75, 3.05) is 0 Å². The first-order valence-electron chi connectivity index (χ1n) is 6.78. The van der Waals surface area contributed by atoms with E-state index in [0.717, 1.165) is 18.6 Å². The third kappa shape index (κ3) is 6.18. The summed E-state index contributed by atoms with van der Waals surface area (Å²) in [6.07, 6.45) is 2.75. The molecule has 3 nitrogen and oxygen atoms in total. The molecule has 0 radical (unpaired) electrons. The molecule has 0 saturated heterocycles. The Morgan fingerprint density at radius 2 is 1.63 bits per heavy atom. The van der Waals surface area contributed by atoms with Crippen molar-refractivity contribution in [1.29, 1.82) is 0 Å². The summed E-state index contributed by atoms with van der Waals surface area (Å²) in [6.45, 7) is 5.51. The largest absolute Gasteiger partial charge is 0.491 e. The normalized spacial score (nSPS) is 10.5. The molecule has 0 aliphatic carbocycles. The smallest absolute Gasteiger partial charge is 0.162 e. The topological polar surface area (TPSA) is 43.4 Å². The first-order valence-corrected chi connectivity index (χ1v) is 6.78. The zero-order chi connectivity index (χ0) is 14.3. The lowest BCUT2D eigenvalue weighted by atomic mass is 10.0. The fourth-order valence-electron chi connectivity index (χ4n) is 1.80. The Morgan fingerprint density at radius 1 is 1.05 bits per heavy atom. The molecular formula is C16H22O3. The van der Waals surface area contributed by atoms with Gasteiger partial charge in [0.05, 0.1) is 6.10 Å². The van der Waals surface area contributed by atoms with Crippen molar-refractivity contribution in [1.82, 2.24) is 0 Å². The second-order valence-electron chi connectivity index (χ2n) is 5.02. The van der Waals surface area contributed by atoms with Crippen LogP contribution in [0.1, 0.15) is 56.8 Å². The number of carbonyl (C=O) groups is 2. The number of hydrogen-bond acceptors (Lipinski definition) is 3. The standard InChI is InChI=1S/C16H22O3/c1-12(2)19-15-10-8-14(9-11-15)16(18)7-5-4-6-13(3)17/h8-12H,4-7H2,1-3H3. The predicted octanol–water partition coefficient (Wildman–Crippen LogP) is 3.81. The molecule has 19 heavy (non-hydrogen) atoms. The van der Waals surface area contributed by atoms with Crippen molar-refractivity contribution in [3.8, 4) is 5.75 Å². The molecule has 0 unspecified atom stereocenters. The Balaban J connectivity index is 2.42. The molecule has 0 fully saturated rings. The van der Waals surface area contributed by atoms with Crippen LogP contribution in [-0.2, 0) is 4.79 Å². The summed E-state index contributed by atoms with van der Waals surface area (Å²) in [5.74, 6) is 1.09. The minimum atomic E-state index is 0.125. The Hall–Kier alpha value is -1.64. The van der Waals surface area contributed by atoms with Crippen molar-refractivity contribution in [3.05, 3.63) is 29.8 Å². The highest BCUT2D eigenvalue weighted by atomic mass is 16.5. The lowest BCUT2D eigenvalue weighted by molar-refractivity contribution is -0.117. The molecule has 0 aliphatic rings. The zero-order valence-electron chi connectivity index (χ0n) is 11.9. The lowest BCUT2D eigenvalue weighted by Crippen LogP contribution is -2.06. The van der Waals surface area contributed by atoms with E-state index >= 15 is 0 Å². The van der Waals surface area contributed by atoms with E-state index in [4.69, 9.17) is 4.74 Å². The van der Waals surface area contributed by atoms with Gasteiger partial charge in [-0.05, 0) is 57.9 Å². The van der Waals surface area contributed by atoms with Gasteiger partial charge in [-0.2, -0.15) is 0 Å². The average molecular weight is 262 g/mol. The second-order valence-corrected chi connectivity index (χ2v) is 5.02. The Kier molecular flexibility index (Phi) is 6.26. The predicted molar refractivity (Wildman–Crippen MR) is 75.7 cm³/mol. The van der Waals surface area contributed by atoms with Gasteiger partial charge in [0.2, 0.25) is 0 Å². The zero-order valence-corrected chi connectivity index (χ0v) is 11.9. The van der Waals surface area contributed by atoms with Gasteiger partial charge >= 0.3 is 0 Å². The third-order valence-corrected chi connectivity index (χ3v) is 2.73. The van der Waals surface area contributed by atoms with Crippen LogP contribution in [0.2, 0.25) is 0 Å². The molecule has 1 rings (SSSR count). The van der Waals surface area contributed by atoms with Gasteiger partial charge in [-0.1, -0.05) is 0 Å². The number of Topliss-reactive ketones (excluding diaryl/α,β-unsaturated/α-hetero) is 2. The van der Waals surface area contributed by atoms with Gasteiger partial charge in [-0.15, -0.1) is 0 Å². The number of carbonyl (C=O) groups excluding carboxylic acids is 2. The van der Waals surface area contributed by atoms with Crippen molar-refractivity contribution in [2.45, 2.75) is 52.6 Å². The number of unbranched alkanes of at least 4 members (excludes halogenated alkanes) is 1. The summed E-state index contributed by atoms with van der Waals surface area (Å²) in [5.41, 5.74) is 0.707. The van der Waals surface area contributed by atoms with Crippen LogP contribution in [0.3, 0.4) is 0 Å². The van der Waals surface area contributed by atoms with Gasteiger partial charge in [-0.3, -0.25) is 4.79 Å². The Bertz CT molecular complexity index is 418. The van der Waals surface area contributed by atoms with E-state index in [1.807, 2.05) is 26.0 Å². The van der Waals surface area contributed by atoms with E-state index in [2.05, 4.69) is 0 Å². The molecule has 104 valence electrons. The molecule has 0 aliphatic heterocycles. The van der Waals surface area contributed by atoms with Gasteiger partial charge in [0, 0.05) is 18.4 Å². The number of rotatable bonds is 8. The number of ketones is 2. The molecule has 0 atom stereocenters. The summed E-state index contributed by atoms with van der Waals surface area (Å²) in [7, 11) is 0. The van der Waals surface area contributed by atoms with Gasteiger partial charge in [-0.25, -0.2) is 0 Å². The van der Waals surface area contributed by atoms with Gasteiger partial charge < -0.3 is 9.53 Å². The monoisotopic (exact) mass is 262 g/mol. The quantitative estimate of drug-likeness (QED) is 0.528. The van der Waals surface area contributed by atoms with Gasteiger partial charge in [0.15, 0.2) is 5.78 Å². The highest BCUT2D eigenvalue weighted by Crippen LogP contribution is 2.16. The van der Waals surface area contributed by atoms with E-state index in [-0.39, 0.29) is 17.7 Å². The molecule has 0 amide bonds. The highest BCUT2D eigenvalue weighted by molar-refractivity contribution is 5.96. The molecule has 0 bridgehead atoms. The molecule has 3 heteroatoms. The van der Waals surface area contributed by atoms with Crippen LogP contribution < -0.4 is 4.74 Å². The van der Waals surface area contributed by atoms with Crippen LogP contribution >= 0.6 is 0 Å². The van der Waals surface area contributed by atoms with Crippen LogP contribution in [0.15, 0.2) is 24.3 Å². The number of ether oxygens (including phenoxy) is 1. The van der Waals surface area contributed by atoms with E-state index < -0.39 is 0 Å². The lowest BCUT2D eigenvalue weighted by Gasteiger charge is -2.09. The maximum atomic E-state index is 11.9. The molecule has 0 saturated carbocycles. The van der Waals surface area contributed by atoms with Crippen molar-refractivity contribution in [3.63, 3.8) is 0 Å². The number of hydrogen-bond donors (Lipinski definition) is 0. The highest BCUT2D eigenvalue weighted by Gasteiger charge is 2.06. The van der Waals surface area contributed by atoms with Crippen molar-refractivity contribution >= 4 is 11.6 Å². The molecule has 0 spiro atoms. The summed E-state index contributed by atoms with van der Waals surface area (Å²) < 4.78 is 5.53. The Morgan fingerprint density at radius 3 is 2.16 bits per heavy atom.